The van der Waals surface area contributed by atoms with Crippen LogP contribution in [0.2, 0.25) is 0 Å². The third-order valence-corrected chi connectivity index (χ3v) is 4.60. The minimum atomic E-state index is -1.15. The van der Waals surface area contributed by atoms with Crippen LogP contribution in [0.15, 0.2) is 0 Å². The minimum absolute atomic E-state index is 0.0480. The molecule has 0 heterocycles. The Kier molecular flexibility index (Phi) is 12.7. The van der Waals surface area contributed by atoms with Crippen molar-refractivity contribution in [2.24, 2.45) is 17.4 Å². The van der Waals surface area contributed by atoms with E-state index in [1.807, 2.05) is 6.26 Å². The Hall–Kier alpha value is -2.34. The van der Waals surface area contributed by atoms with Gasteiger partial charge in [0.05, 0.1) is 12.6 Å². The second-order valence-corrected chi connectivity index (χ2v) is 7.78. The predicted molar refractivity (Wildman–Crippen MR) is 109 cm³/mol. The number of aliphatic carboxylic acids is 1. The molecule has 4 amide bonds. The number of carboxylic acids is 1. The molecule has 0 aromatic rings. The highest BCUT2D eigenvalue weighted by atomic mass is 32.2. The molecule has 0 spiro atoms. The van der Waals surface area contributed by atoms with Crippen LogP contribution < -0.4 is 27.4 Å². The van der Waals surface area contributed by atoms with Crippen LogP contribution in [0.5, 0.6) is 0 Å². The average Bonchev–Trinajstić information content (AvgIpc) is 2.64. The fraction of sp³-hybridized carbons (Fsp3) is 0.706. The van der Waals surface area contributed by atoms with Crippen LogP contribution in [0.1, 0.15) is 33.1 Å². The van der Waals surface area contributed by atoms with Crippen molar-refractivity contribution in [2.75, 3.05) is 18.6 Å². The number of nitrogens with two attached hydrogens (primary N) is 2. The van der Waals surface area contributed by atoms with E-state index >= 15 is 0 Å². The third-order valence-electron chi connectivity index (χ3n) is 3.95. The van der Waals surface area contributed by atoms with Gasteiger partial charge in [0.15, 0.2) is 0 Å². The molecule has 0 fully saturated rings. The van der Waals surface area contributed by atoms with Crippen molar-refractivity contribution in [3.8, 4) is 0 Å². The topological polar surface area (TPSA) is 194 Å². The first kappa shape index (κ1) is 26.7. The molecule has 3 atom stereocenters. The van der Waals surface area contributed by atoms with Gasteiger partial charge < -0.3 is 32.5 Å². The summed E-state index contributed by atoms with van der Waals surface area (Å²) in [5, 5.41) is 16.5. The third kappa shape index (κ3) is 11.3. The van der Waals surface area contributed by atoms with Crippen molar-refractivity contribution in [2.45, 2.75) is 51.2 Å². The lowest BCUT2D eigenvalue weighted by Crippen LogP contribution is -2.55. The Bertz CT molecular complexity index is 601. The molecule has 29 heavy (non-hydrogen) atoms. The molecule has 0 aliphatic carbocycles. The molecule has 0 bridgehead atoms. The molecule has 12 heteroatoms. The fourth-order valence-corrected chi connectivity index (χ4v) is 2.71. The summed E-state index contributed by atoms with van der Waals surface area (Å²) in [5.74, 6) is -3.39. The van der Waals surface area contributed by atoms with E-state index in [-0.39, 0.29) is 25.2 Å². The number of carbonyl (C=O) groups excluding carboxylic acids is 4. The van der Waals surface area contributed by atoms with Crippen LogP contribution in [-0.2, 0) is 24.0 Å². The van der Waals surface area contributed by atoms with Gasteiger partial charge in [0.25, 0.3) is 0 Å². The molecule has 3 unspecified atom stereocenters. The maximum Gasteiger partial charge on any atom is 0.326 e. The normalized spacial score (nSPS) is 13.8. The Labute approximate surface area is 174 Å². The van der Waals surface area contributed by atoms with Gasteiger partial charge in [-0.3, -0.25) is 19.2 Å². The standard InChI is InChI=1S/C17H31N5O6S/c1-9(2)14(16(26)21-11(17(27)28)6-7-29-3)22-13(24)8-20-15(25)10(18)4-5-12(19)23/h9-11,14H,4-8,18H2,1-3H3,(H2,19,23)(H,20,25)(H,21,26)(H,22,24)(H,27,28). The molecular weight excluding hydrogens is 402 g/mol. The number of primary amides is 1. The zero-order valence-electron chi connectivity index (χ0n) is 16.9. The first-order valence-corrected chi connectivity index (χ1v) is 10.5. The van der Waals surface area contributed by atoms with Gasteiger partial charge in [-0.25, -0.2) is 4.79 Å². The van der Waals surface area contributed by atoms with Gasteiger partial charge >= 0.3 is 5.97 Å². The Morgan fingerprint density at radius 1 is 1.03 bits per heavy atom. The minimum Gasteiger partial charge on any atom is -0.480 e. The highest BCUT2D eigenvalue weighted by Crippen LogP contribution is 2.05. The van der Waals surface area contributed by atoms with Gasteiger partial charge in [0, 0.05) is 6.42 Å². The average molecular weight is 434 g/mol. The Balaban J connectivity index is 4.71. The van der Waals surface area contributed by atoms with Crippen LogP contribution in [0.4, 0.5) is 0 Å². The van der Waals surface area contributed by atoms with Gasteiger partial charge in [0.1, 0.15) is 12.1 Å². The smallest absolute Gasteiger partial charge is 0.326 e. The summed E-state index contributed by atoms with van der Waals surface area (Å²) in [6.07, 6.45) is 2.07. The monoisotopic (exact) mass is 433 g/mol. The van der Waals surface area contributed by atoms with Crippen LogP contribution in [-0.4, -0.2) is 71.4 Å². The molecule has 0 saturated heterocycles. The fourth-order valence-electron chi connectivity index (χ4n) is 2.24. The highest BCUT2D eigenvalue weighted by molar-refractivity contribution is 7.98. The molecule has 11 nitrogen and oxygen atoms in total. The lowest BCUT2D eigenvalue weighted by atomic mass is 10.0. The number of amides is 4. The molecule has 0 aliphatic heterocycles. The zero-order valence-corrected chi connectivity index (χ0v) is 17.7. The molecule has 8 N–H and O–H groups in total. The van der Waals surface area contributed by atoms with Crippen LogP contribution in [0.3, 0.4) is 0 Å². The highest BCUT2D eigenvalue weighted by Gasteiger charge is 2.28. The van der Waals surface area contributed by atoms with E-state index in [1.165, 1.54) is 11.8 Å². The largest absolute Gasteiger partial charge is 0.480 e. The lowest BCUT2D eigenvalue weighted by Gasteiger charge is -2.24. The van der Waals surface area contributed by atoms with Crippen molar-refractivity contribution < 1.29 is 29.1 Å². The number of hydrogen-bond donors (Lipinski definition) is 6. The number of hydrogen-bond acceptors (Lipinski definition) is 7. The molecule has 0 saturated carbocycles. The van der Waals surface area contributed by atoms with Crippen LogP contribution >= 0.6 is 11.8 Å². The Morgan fingerprint density at radius 2 is 1.66 bits per heavy atom. The number of nitrogens with one attached hydrogen (secondary N) is 3. The molecule has 166 valence electrons. The first-order chi connectivity index (χ1) is 13.5. The summed E-state index contributed by atoms with van der Waals surface area (Å²) in [5.41, 5.74) is 10.6. The van der Waals surface area contributed by atoms with E-state index in [0.29, 0.717) is 5.75 Å². The van der Waals surface area contributed by atoms with E-state index in [4.69, 9.17) is 11.5 Å². The first-order valence-electron chi connectivity index (χ1n) is 9.12. The molecule has 0 radical (unpaired) electrons. The maximum absolute atomic E-state index is 12.4. The van der Waals surface area contributed by atoms with Gasteiger partial charge in [0.2, 0.25) is 23.6 Å². The summed E-state index contributed by atoms with van der Waals surface area (Å²) < 4.78 is 0. The summed E-state index contributed by atoms with van der Waals surface area (Å²) in [6.45, 7) is 2.97. The molecule has 0 aromatic carbocycles. The van der Waals surface area contributed by atoms with E-state index in [0.717, 1.165) is 0 Å². The lowest BCUT2D eigenvalue weighted by molar-refractivity contribution is -0.142. The molecule has 0 aromatic heterocycles. The number of rotatable bonds is 14. The zero-order chi connectivity index (χ0) is 22.6. The van der Waals surface area contributed by atoms with Crippen LogP contribution in [0, 0.1) is 5.92 Å². The van der Waals surface area contributed by atoms with E-state index in [2.05, 4.69) is 16.0 Å². The van der Waals surface area contributed by atoms with Crippen LogP contribution in [0.25, 0.3) is 0 Å². The van der Waals surface area contributed by atoms with Crippen molar-refractivity contribution in [1.82, 2.24) is 16.0 Å². The maximum atomic E-state index is 12.4. The van der Waals surface area contributed by atoms with Gasteiger partial charge in [-0.15, -0.1) is 0 Å². The van der Waals surface area contributed by atoms with Gasteiger partial charge in [-0.1, -0.05) is 13.8 Å². The van der Waals surface area contributed by atoms with Crippen molar-refractivity contribution in [3.05, 3.63) is 0 Å². The van der Waals surface area contributed by atoms with Crippen molar-refractivity contribution in [3.63, 3.8) is 0 Å². The number of thioether (sulfide) groups is 1. The number of carboxylic acid groups (broad SMARTS) is 1. The summed E-state index contributed by atoms with van der Waals surface area (Å²) in [7, 11) is 0. The van der Waals surface area contributed by atoms with E-state index < -0.39 is 54.3 Å². The molecule has 0 aliphatic rings. The summed E-state index contributed by atoms with van der Waals surface area (Å²) in [6, 6.07) is -3.03. The van der Waals surface area contributed by atoms with E-state index in [9.17, 15) is 29.1 Å². The summed E-state index contributed by atoms with van der Waals surface area (Å²) in [4.78, 5) is 58.4. The van der Waals surface area contributed by atoms with Gasteiger partial charge in [-0.05, 0) is 30.8 Å². The Morgan fingerprint density at radius 3 is 2.14 bits per heavy atom. The number of carbonyl (C=O) groups is 5. The van der Waals surface area contributed by atoms with Crippen molar-refractivity contribution in [1.29, 1.82) is 0 Å². The second kappa shape index (κ2) is 13.8. The van der Waals surface area contributed by atoms with Crippen molar-refractivity contribution >= 4 is 41.4 Å². The molecular formula is C17H31N5O6S. The quantitative estimate of drug-likeness (QED) is 0.184. The SMILES string of the molecule is CSCCC(NC(=O)C(NC(=O)CNC(=O)C(N)CCC(N)=O)C(C)C)C(=O)O. The second-order valence-electron chi connectivity index (χ2n) is 6.80. The summed E-state index contributed by atoms with van der Waals surface area (Å²) >= 11 is 1.46. The molecule has 0 rings (SSSR count). The predicted octanol–water partition coefficient (Wildman–Crippen LogP) is -1.84. The van der Waals surface area contributed by atoms with E-state index in [1.54, 1.807) is 13.8 Å². The van der Waals surface area contributed by atoms with Gasteiger partial charge in [-0.2, -0.15) is 11.8 Å².